The summed E-state index contributed by atoms with van der Waals surface area (Å²) in [4.78, 5) is 14.6. The molecule has 0 bridgehead atoms. The van der Waals surface area contributed by atoms with Crippen molar-refractivity contribution in [2.24, 2.45) is 0 Å². The van der Waals surface area contributed by atoms with Crippen molar-refractivity contribution in [3.8, 4) is 0 Å². The smallest absolute Gasteiger partial charge is 0.226 e. The standard InChI is InChI=1S/C21H28N4O/c1-16-6-8-17(9-7-16)15-20(26)24-13-10-18(11-14-24)21-23-22-19-5-3-2-4-12-25(19)21/h6-9,18H,2-5,10-15H2,1H3. The van der Waals surface area contributed by atoms with Crippen LogP contribution in [0.3, 0.4) is 0 Å². The van der Waals surface area contributed by atoms with E-state index in [-0.39, 0.29) is 5.91 Å². The van der Waals surface area contributed by atoms with E-state index in [2.05, 4.69) is 46.0 Å². The first-order valence-corrected chi connectivity index (χ1v) is 9.96. The largest absolute Gasteiger partial charge is 0.342 e. The quantitative estimate of drug-likeness (QED) is 0.852. The van der Waals surface area contributed by atoms with Gasteiger partial charge in [-0.1, -0.05) is 36.2 Å². The summed E-state index contributed by atoms with van der Waals surface area (Å²) in [6.07, 6.45) is 7.30. The number of carbonyl (C=O) groups is 1. The molecule has 2 aliphatic rings. The Balaban J connectivity index is 1.36. The summed E-state index contributed by atoms with van der Waals surface area (Å²) in [7, 11) is 0. The van der Waals surface area contributed by atoms with Crippen LogP contribution in [0.15, 0.2) is 24.3 Å². The van der Waals surface area contributed by atoms with E-state index in [0.717, 1.165) is 56.1 Å². The van der Waals surface area contributed by atoms with Crippen molar-refractivity contribution in [2.75, 3.05) is 13.1 Å². The molecule has 0 spiro atoms. The molecule has 2 aliphatic heterocycles. The summed E-state index contributed by atoms with van der Waals surface area (Å²) in [6, 6.07) is 8.27. The van der Waals surface area contributed by atoms with E-state index in [4.69, 9.17) is 0 Å². The minimum absolute atomic E-state index is 0.243. The molecule has 1 aromatic heterocycles. The molecule has 0 atom stereocenters. The minimum atomic E-state index is 0.243. The van der Waals surface area contributed by atoms with Crippen LogP contribution in [0.4, 0.5) is 0 Å². The van der Waals surface area contributed by atoms with Crippen molar-refractivity contribution in [2.45, 2.75) is 64.3 Å². The summed E-state index contributed by atoms with van der Waals surface area (Å²) >= 11 is 0. The summed E-state index contributed by atoms with van der Waals surface area (Å²) in [6.45, 7) is 4.79. The van der Waals surface area contributed by atoms with Gasteiger partial charge in [-0.2, -0.15) is 0 Å². The first kappa shape index (κ1) is 17.3. The van der Waals surface area contributed by atoms with Gasteiger partial charge in [0.2, 0.25) is 5.91 Å². The molecule has 0 aliphatic carbocycles. The lowest BCUT2D eigenvalue weighted by atomic mass is 9.95. The second kappa shape index (κ2) is 7.60. The van der Waals surface area contributed by atoms with Crippen LogP contribution in [0.5, 0.6) is 0 Å². The first-order chi connectivity index (χ1) is 12.7. The highest BCUT2D eigenvalue weighted by atomic mass is 16.2. The Bertz CT molecular complexity index is 757. The van der Waals surface area contributed by atoms with Gasteiger partial charge >= 0.3 is 0 Å². The highest BCUT2D eigenvalue weighted by Crippen LogP contribution is 2.29. The van der Waals surface area contributed by atoms with E-state index in [9.17, 15) is 4.79 Å². The number of rotatable bonds is 3. The van der Waals surface area contributed by atoms with Gasteiger partial charge in [-0.05, 0) is 38.2 Å². The molecule has 1 saturated heterocycles. The third-order valence-electron chi connectivity index (χ3n) is 5.83. The van der Waals surface area contributed by atoms with Crippen LogP contribution in [0, 0.1) is 6.92 Å². The van der Waals surface area contributed by atoms with Crippen LogP contribution in [-0.4, -0.2) is 38.7 Å². The Kier molecular flexibility index (Phi) is 5.05. The number of amides is 1. The number of aryl methyl sites for hydroxylation is 2. The van der Waals surface area contributed by atoms with Gasteiger partial charge in [0.05, 0.1) is 6.42 Å². The Morgan fingerprint density at radius 3 is 2.58 bits per heavy atom. The Hall–Kier alpha value is -2.17. The number of likely N-dealkylation sites (tertiary alicyclic amines) is 1. The molecule has 0 saturated carbocycles. The van der Waals surface area contributed by atoms with E-state index < -0.39 is 0 Å². The topological polar surface area (TPSA) is 51.0 Å². The molecule has 0 N–H and O–H groups in total. The zero-order valence-corrected chi connectivity index (χ0v) is 15.7. The molecule has 0 radical (unpaired) electrons. The lowest BCUT2D eigenvalue weighted by Crippen LogP contribution is -2.39. The van der Waals surface area contributed by atoms with E-state index in [1.165, 1.54) is 24.8 Å². The van der Waals surface area contributed by atoms with Crippen molar-refractivity contribution in [1.82, 2.24) is 19.7 Å². The predicted octanol–water partition coefficient (Wildman–Crippen LogP) is 3.26. The highest BCUT2D eigenvalue weighted by molar-refractivity contribution is 5.78. The maximum absolute atomic E-state index is 12.6. The normalized spacial score (nSPS) is 18.4. The number of aromatic nitrogens is 3. The van der Waals surface area contributed by atoms with Crippen LogP contribution in [0.25, 0.3) is 0 Å². The zero-order chi connectivity index (χ0) is 17.9. The molecule has 5 nitrogen and oxygen atoms in total. The number of nitrogens with zero attached hydrogens (tertiary/aromatic N) is 4. The maximum Gasteiger partial charge on any atom is 0.226 e. The van der Waals surface area contributed by atoms with Crippen molar-refractivity contribution in [3.05, 3.63) is 47.0 Å². The molecule has 1 amide bonds. The average Bonchev–Trinajstić information content (AvgIpc) is 2.92. The SMILES string of the molecule is Cc1ccc(CC(=O)N2CCC(c3nnc4n3CCCCC4)CC2)cc1. The number of hydrogen-bond acceptors (Lipinski definition) is 3. The van der Waals surface area contributed by atoms with Crippen LogP contribution < -0.4 is 0 Å². The van der Waals surface area contributed by atoms with Gasteiger partial charge in [0, 0.05) is 32.0 Å². The van der Waals surface area contributed by atoms with Crippen LogP contribution in [0.1, 0.15) is 60.8 Å². The molecule has 5 heteroatoms. The fourth-order valence-corrected chi connectivity index (χ4v) is 4.19. The predicted molar refractivity (Wildman–Crippen MR) is 101 cm³/mol. The highest BCUT2D eigenvalue weighted by Gasteiger charge is 2.28. The van der Waals surface area contributed by atoms with Crippen LogP contribution in [0.2, 0.25) is 0 Å². The second-order valence-electron chi connectivity index (χ2n) is 7.75. The molecule has 0 unspecified atom stereocenters. The molecule has 138 valence electrons. The van der Waals surface area contributed by atoms with Gasteiger partial charge in [-0.25, -0.2) is 0 Å². The number of piperidine rings is 1. The molecule has 1 aromatic carbocycles. The third kappa shape index (κ3) is 3.67. The van der Waals surface area contributed by atoms with Gasteiger partial charge < -0.3 is 9.47 Å². The number of hydrogen-bond donors (Lipinski definition) is 0. The Morgan fingerprint density at radius 2 is 1.81 bits per heavy atom. The molecular formula is C21H28N4O. The number of fused-ring (bicyclic) bond motifs is 1. The summed E-state index contributed by atoms with van der Waals surface area (Å²) in [5.74, 6) is 3.01. The lowest BCUT2D eigenvalue weighted by Gasteiger charge is -2.32. The van der Waals surface area contributed by atoms with Crippen molar-refractivity contribution >= 4 is 5.91 Å². The van der Waals surface area contributed by atoms with Crippen LogP contribution >= 0.6 is 0 Å². The maximum atomic E-state index is 12.6. The van der Waals surface area contributed by atoms with Crippen LogP contribution in [-0.2, 0) is 24.2 Å². The average molecular weight is 352 g/mol. The van der Waals surface area contributed by atoms with Crippen molar-refractivity contribution < 1.29 is 4.79 Å². The van der Waals surface area contributed by atoms with Crippen molar-refractivity contribution in [1.29, 1.82) is 0 Å². The van der Waals surface area contributed by atoms with Gasteiger partial charge in [0.15, 0.2) is 0 Å². The number of benzene rings is 1. The number of carbonyl (C=O) groups excluding carboxylic acids is 1. The minimum Gasteiger partial charge on any atom is -0.342 e. The van der Waals surface area contributed by atoms with Crippen molar-refractivity contribution in [3.63, 3.8) is 0 Å². The second-order valence-corrected chi connectivity index (χ2v) is 7.75. The Morgan fingerprint density at radius 1 is 1.04 bits per heavy atom. The molecular weight excluding hydrogens is 324 g/mol. The van der Waals surface area contributed by atoms with Gasteiger partial charge in [-0.3, -0.25) is 4.79 Å². The van der Waals surface area contributed by atoms with E-state index >= 15 is 0 Å². The van der Waals surface area contributed by atoms with E-state index in [1.807, 2.05) is 4.90 Å². The summed E-state index contributed by atoms with van der Waals surface area (Å²) < 4.78 is 2.36. The molecule has 26 heavy (non-hydrogen) atoms. The van der Waals surface area contributed by atoms with Gasteiger partial charge in [0.1, 0.15) is 11.6 Å². The Labute approximate surface area is 155 Å². The van der Waals surface area contributed by atoms with Gasteiger partial charge in [0.25, 0.3) is 0 Å². The van der Waals surface area contributed by atoms with E-state index in [1.54, 1.807) is 0 Å². The van der Waals surface area contributed by atoms with Gasteiger partial charge in [-0.15, -0.1) is 10.2 Å². The molecule has 2 aromatic rings. The zero-order valence-electron chi connectivity index (χ0n) is 15.7. The monoisotopic (exact) mass is 352 g/mol. The molecule has 1 fully saturated rings. The summed E-state index contributed by atoms with van der Waals surface area (Å²) in [5, 5.41) is 8.96. The summed E-state index contributed by atoms with van der Waals surface area (Å²) in [5.41, 5.74) is 2.33. The fraction of sp³-hybridized carbons (Fsp3) is 0.571. The third-order valence-corrected chi connectivity index (χ3v) is 5.83. The molecule has 3 heterocycles. The first-order valence-electron chi connectivity index (χ1n) is 9.96. The molecule has 4 rings (SSSR count). The fourth-order valence-electron chi connectivity index (χ4n) is 4.19. The van der Waals surface area contributed by atoms with E-state index in [0.29, 0.717) is 12.3 Å². The lowest BCUT2D eigenvalue weighted by molar-refractivity contribution is -0.131.